The minimum absolute atomic E-state index is 0.179. The summed E-state index contributed by atoms with van der Waals surface area (Å²) in [5, 5.41) is 9.05. The van der Waals surface area contributed by atoms with Gasteiger partial charge in [0.1, 0.15) is 0 Å². The summed E-state index contributed by atoms with van der Waals surface area (Å²) in [6, 6.07) is 10.3. The third kappa shape index (κ3) is 5.01. The molecule has 0 aromatic heterocycles. The Morgan fingerprint density at radius 2 is 1.95 bits per heavy atom. The lowest BCUT2D eigenvalue weighted by Gasteiger charge is -2.30. The second-order valence-electron chi connectivity index (χ2n) is 4.81. The predicted molar refractivity (Wildman–Crippen MR) is 75.1 cm³/mol. The molecule has 0 aliphatic heterocycles. The number of hydrogen-bond donors (Lipinski definition) is 1. The van der Waals surface area contributed by atoms with Crippen LogP contribution in [0.1, 0.15) is 25.5 Å². The summed E-state index contributed by atoms with van der Waals surface area (Å²) < 4.78 is 5.11. The van der Waals surface area contributed by atoms with E-state index < -0.39 is 5.97 Å². The first-order valence-electron chi connectivity index (χ1n) is 6.57. The van der Waals surface area contributed by atoms with Crippen molar-refractivity contribution in [1.82, 2.24) is 4.90 Å². The Kier molecular flexibility index (Phi) is 6.53. The number of ether oxygens (including phenoxy) is 1. The van der Waals surface area contributed by atoms with E-state index in [9.17, 15) is 4.79 Å². The zero-order chi connectivity index (χ0) is 14.3. The van der Waals surface area contributed by atoms with E-state index in [0.717, 1.165) is 6.54 Å². The summed E-state index contributed by atoms with van der Waals surface area (Å²) in [5.41, 5.74) is 1.19. The Bertz CT molecular complexity index is 380. The zero-order valence-corrected chi connectivity index (χ0v) is 11.9. The summed E-state index contributed by atoms with van der Waals surface area (Å²) in [6.45, 7) is 5.68. The maximum Gasteiger partial charge on any atom is 0.307 e. The fraction of sp³-hybridized carbons (Fsp3) is 0.533. The molecule has 0 amide bonds. The molecule has 0 radical (unpaired) electrons. The summed E-state index contributed by atoms with van der Waals surface area (Å²) in [5.74, 6) is -1.15. The number of carboxylic acid groups (broad SMARTS) is 1. The first kappa shape index (κ1) is 15.7. The minimum Gasteiger partial charge on any atom is -0.481 e. The number of carboxylic acids is 1. The maximum atomic E-state index is 11.0. The molecular weight excluding hydrogens is 242 g/mol. The van der Waals surface area contributed by atoms with Gasteiger partial charge in [-0.2, -0.15) is 0 Å². The topological polar surface area (TPSA) is 49.8 Å². The predicted octanol–water partition coefficient (Wildman–Crippen LogP) is 2.42. The SMILES string of the molecule is COCCN(CC(C)C(=O)O)C(C)c1ccccc1. The van der Waals surface area contributed by atoms with E-state index in [2.05, 4.69) is 24.0 Å². The molecule has 106 valence electrons. The van der Waals surface area contributed by atoms with Crippen LogP contribution in [0.4, 0.5) is 0 Å². The van der Waals surface area contributed by atoms with Gasteiger partial charge in [-0.25, -0.2) is 0 Å². The molecule has 0 aliphatic rings. The summed E-state index contributed by atoms with van der Waals surface area (Å²) in [4.78, 5) is 13.2. The number of benzene rings is 1. The monoisotopic (exact) mass is 265 g/mol. The number of rotatable bonds is 8. The van der Waals surface area contributed by atoms with Gasteiger partial charge in [0.2, 0.25) is 0 Å². The molecule has 1 N–H and O–H groups in total. The minimum atomic E-state index is -0.761. The van der Waals surface area contributed by atoms with E-state index in [1.165, 1.54) is 5.56 Å². The van der Waals surface area contributed by atoms with Gasteiger partial charge in [0.05, 0.1) is 12.5 Å². The van der Waals surface area contributed by atoms with Crippen molar-refractivity contribution in [1.29, 1.82) is 0 Å². The lowest BCUT2D eigenvalue weighted by molar-refractivity contribution is -0.142. The average molecular weight is 265 g/mol. The van der Waals surface area contributed by atoms with Crippen LogP contribution < -0.4 is 0 Å². The van der Waals surface area contributed by atoms with E-state index in [0.29, 0.717) is 13.2 Å². The lowest BCUT2D eigenvalue weighted by Crippen LogP contribution is -2.36. The van der Waals surface area contributed by atoms with E-state index in [4.69, 9.17) is 9.84 Å². The zero-order valence-electron chi connectivity index (χ0n) is 11.9. The van der Waals surface area contributed by atoms with Crippen LogP contribution in [-0.2, 0) is 9.53 Å². The second-order valence-corrected chi connectivity index (χ2v) is 4.81. The molecule has 0 spiro atoms. The highest BCUT2D eigenvalue weighted by Gasteiger charge is 2.21. The quantitative estimate of drug-likeness (QED) is 0.784. The van der Waals surface area contributed by atoms with Crippen LogP contribution in [0.2, 0.25) is 0 Å². The molecule has 1 aromatic carbocycles. The Labute approximate surface area is 115 Å². The normalized spacial score (nSPS) is 14.3. The number of nitrogens with zero attached hydrogens (tertiary/aromatic N) is 1. The van der Waals surface area contributed by atoms with Gasteiger partial charge in [0.25, 0.3) is 0 Å². The molecule has 4 heteroatoms. The molecular formula is C15H23NO3. The summed E-state index contributed by atoms with van der Waals surface area (Å²) >= 11 is 0. The lowest BCUT2D eigenvalue weighted by atomic mass is 10.0. The van der Waals surface area contributed by atoms with Crippen LogP contribution in [0.3, 0.4) is 0 Å². The van der Waals surface area contributed by atoms with Crippen molar-refractivity contribution in [3.8, 4) is 0 Å². The van der Waals surface area contributed by atoms with Gasteiger partial charge in [-0.3, -0.25) is 9.69 Å². The van der Waals surface area contributed by atoms with E-state index in [-0.39, 0.29) is 12.0 Å². The molecule has 0 aliphatic carbocycles. The molecule has 1 aromatic rings. The molecule has 2 atom stereocenters. The van der Waals surface area contributed by atoms with E-state index >= 15 is 0 Å². The van der Waals surface area contributed by atoms with Gasteiger partial charge < -0.3 is 9.84 Å². The van der Waals surface area contributed by atoms with Crippen LogP contribution in [0.25, 0.3) is 0 Å². The largest absolute Gasteiger partial charge is 0.481 e. The van der Waals surface area contributed by atoms with Crippen LogP contribution in [0, 0.1) is 5.92 Å². The van der Waals surface area contributed by atoms with Crippen molar-refractivity contribution >= 4 is 5.97 Å². The van der Waals surface area contributed by atoms with Crippen LogP contribution in [-0.4, -0.2) is 42.8 Å². The van der Waals surface area contributed by atoms with Crippen molar-refractivity contribution in [3.63, 3.8) is 0 Å². The molecule has 0 heterocycles. The molecule has 0 saturated heterocycles. The van der Waals surface area contributed by atoms with E-state index in [1.807, 2.05) is 18.2 Å². The number of carbonyl (C=O) groups is 1. The second kappa shape index (κ2) is 7.92. The summed E-state index contributed by atoms with van der Waals surface area (Å²) in [7, 11) is 1.66. The highest BCUT2D eigenvalue weighted by molar-refractivity contribution is 5.69. The summed E-state index contributed by atoms with van der Waals surface area (Å²) in [6.07, 6.45) is 0. The van der Waals surface area contributed by atoms with Crippen molar-refractivity contribution in [2.24, 2.45) is 5.92 Å². The molecule has 19 heavy (non-hydrogen) atoms. The molecule has 0 fully saturated rings. The fourth-order valence-electron chi connectivity index (χ4n) is 2.02. The number of methoxy groups -OCH3 is 1. The van der Waals surface area contributed by atoms with Gasteiger partial charge >= 0.3 is 5.97 Å². The van der Waals surface area contributed by atoms with Crippen LogP contribution in [0.15, 0.2) is 30.3 Å². The average Bonchev–Trinajstić information content (AvgIpc) is 2.43. The Hall–Kier alpha value is -1.39. The Morgan fingerprint density at radius 3 is 2.47 bits per heavy atom. The van der Waals surface area contributed by atoms with E-state index in [1.54, 1.807) is 14.0 Å². The maximum absolute atomic E-state index is 11.0. The molecule has 4 nitrogen and oxygen atoms in total. The third-order valence-corrected chi connectivity index (χ3v) is 3.34. The third-order valence-electron chi connectivity index (χ3n) is 3.34. The molecule has 0 saturated carbocycles. The Morgan fingerprint density at radius 1 is 1.32 bits per heavy atom. The van der Waals surface area contributed by atoms with Gasteiger partial charge in [0, 0.05) is 26.2 Å². The highest BCUT2D eigenvalue weighted by Crippen LogP contribution is 2.20. The molecule has 2 unspecified atom stereocenters. The van der Waals surface area contributed by atoms with Gasteiger partial charge in [-0.15, -0.1) is 0 Å². The van der Waals surface area contributed by atoms with Gasteiger partial charge in [0.15, 0.2) is 0 Å². The number of aliphatic carboxylic acids is 1. The molecule has 1 rings (SSSR count). The van der Waals surface area contributed by atoms with Gasteiger partial charge in [-0.05, 0) is 12.5 Å². The van der Waals surface area contributed by atoms with Crippen molar-refractivity contribution in [2.45, 2.75) is 19.9 Å². The number of hydrogen-bond acceptors (Lipinski definition) is 3. The highest BCUT2D eigenvalue weighted by atomic mass is 16.5. The standard InChI is InChI=1S/C15H23NO3/c1-12(15(17)18)11-16(9-10-19-3)13(2)14-7-5-4-6-8-14/h4-8,12-13H,9-11H2,1-3H3,(H,17,18). The Balaban J connectivity index is 2.75. The first-order valence-corrected chi connectivity index (χ1v) is 6.57. The first-order chi connectivity index (χ1) is 9.06. The van der Waals surface area contributed by atoms with Crippen molar-refractivity contribution in [2.75, 3.05) is 26.8 Å². The van der Waals surface area contributed by atoms with Crippen LogP contribution >= 0.6 is 0 Å². The van der Waals surface area contributed by atoms with Gasteiger partial charge in [-0.1, -0.05) is 37.3 Å². The van der Waals surface area contributed by atoms with Crippen LogP contribution in [0.5, 0.6) is 0 Å². The van der Waals surface area contributed by atoms with Crippen molar-refractivity contribution in [3.05, 3.63) is 35.9 Å². The smallest absolute Gasteiger partial charge is 0.307 e. The fourth-order valence-corrected chi connectivity index (χ4v) is 2.02. The molecule has 0 bridgehead atoms. The van der Waals surface area contributed by atoms with Crippen molar-refractivity contribution < 1.29 is 14.6 Å².